The Morgan fingerprint density at radius 2 is 1.74 bits per heavy atom. The molecule has 0 bridgehead atoms. The lowest BCUT2D eigenvalue weighted by Gasteiger charge is -2.35. The quantitative estimate of drug-likeness (QED) is 0.832. The maximum atomic E-state index is 5.76. The van der Waals surface area contributed by atoms with E-state index >= 15 is 0 Å². The van der Waals surface area contributed by atoms with Crippen molar-refractivity contribution < 1.29 is 14.2 Å². The summed E-state index contributed by atoms with van der Waals surface area (Å²) in [5.74, 6) is 1.50. The topological polar surface area (TPSA) is 27.7 Å². The lowest BCUT2D eigenvalue weighted by molar-refractivity contribution is -0.182. The monoisotopic (exact) mass is 262 g/mol. The Labute approximate surface area is 114 Å². The molecule has 19 heavy (non-hydrogen) atoms. The average Bonchev–Trinajstić information content (AvgIpc) is 2.91. The van der Waals surface area contributed by atoms with E-state index in [-0.39, 0.29) is 5.79 Å². The van der Waals surface area contributed by atoms with Gasteiger partial charge in [-0.05, 0) is 37.3 Å². The van der Waals surface area contributed by atoms with E-state index in [1.165, 1.54) is 12.8 Å². The van der Waals surface area contributed by atoms with Crippen LogP contribution in [-0.4, -0.2) is 25.6 Å². The van der Waals surface area contributed by atoms with E-state index in [2.05, 4.69) is 0 Å². The normalized spacial score (nSPS) is 22.7. The molecule has 2 fully saturated rings. The van der Waals surface area contributed by atoms with Gasteiger partial charge in [0, 0.05) is 12.8 Å². The van der Waals surface area contributed by atoms with E-state index in [1.807, 2.05) is 30.3 Å². The van der Waals surface area contributed by atoms with Crippen molar-refractivity contribution in [3.63, 3.8) is 0 Å². The van der Waals surface area contributed by atoms with E-state index in [4.69, 9.17) is 14.2 Å². The molecule has 1 saturated heterocycles. The molecular weight excluding hydrogens is 240 g/mol. The predicted octanol–water partition coefficient (Wildman–Crippen LogP) is 3.39. The van der Waals surface area contributed by atoms with Crippen LogP contribution < -0.4 is 4.74 Å². The molecule has 1 aromatic carbocycles. The summed E-state index contributed by atoms with van der Waals surface area (Å²) in [4.78, 5) is 0. The van der Waals surface area contributed by atoms with Gasteiger partial charge in [0.05, 0.1) is 19.8 Å². The highest BCUT2D eigenvalue weighted by Crippen LogP contribution is 2.39. The van der Waals surface area contributed by atoms with Crippen LogP contribution in [-0.2, 0) is 9.47 Å². The van der Waals surface area contributed by atoms with E-state index < -0.39 is 0 Å². The Balaban J connectivity index is 1.38. The number of rotatable bonds is 4. The van der Waals surface area contributed by atoms with Gasteiger partial charge in [-0.15, -0.1) is 0 Å². The summed E-state index contributed by atoms with van der Waals surface area (Å²) in [6, 6.07) is 10.0. The predicted molar refractivity (Wildman–Crippen MR) is 73.1 cm³/mol. The van der Waals surface area contributed by atoms with Gasteiger partial charge in [-0.25, -0.2) is 0 Å². The van der Waals surface area contributed by atoms with E-state index in [0.717, 1.165) is 50.8 Å². The molecule has 1 spiro atoms. The van der Waals surface area contributed by atoms with Crippen LogP contribution in [0, 0.1) is 5.92 Å². The molecule has 0 amide bonds. The standard InChI is InChI=1S/C16H22O3/c1-2-4-15(5-3-1)17-11-8-14-6-9-16(10-7-14)18-12-13-19-16/h1-5,14H,6-13H2. The first kappa shape index (κ1) is 12.9. The van der Waals surface area contributed by atoms with E-state index in [0.29, 0.717) is 0 Å². The van der Waals surface area contributed by atoms with Crippen molar-refractivity contribution in [2.45, 2.75) is 37.9 Å². The molecule has 2 aliphatic rings. The molecule has 0 radical (unpaired) electrons. The molecule has 0 N–H and O–H groups in total. The SMILES string of the molecule is c1ccc(OCCC2CCC3(CC2)OCCO3)cc1. The third-order valence-electron chi connectivity index (χ3n) is 4.22. The highest BCUT2D eigenvalue weighted by Gasteiger charge is 2.39. The Kier molecular flexibility index (Phi) is 4.04. The second-order valence-electron chi connectivity index (χ2n) is 5.50. The van der Waals surface area contributed by atoms with Crippen LogP contribution in [0.4, 0.5) is 0 Å². The van der Waals surface area contributed by atoms with Crippen LogP contribution in [0.5, 0.6) is 5.75 Å². The molecule has 3 rings (SSSR count). The summed E-state index contributed by atoms with van der Waals surface area (Å²) < 4.78 is 17.3. The highest BCUT2D eigenvalue weighted by atomic mass is 16.7. The molecule has 1 aromatic rings. The second kappa shape index (κ2) is 5.93. The lowest BCUT2D eigenvalue weighted by Crippen LogP contribution is -2.35. The van der Waals surface area contributed by atoms with Gasteiger partial charge in [-0.2, -0.15) is 0 Å². The largest absolute Gasteiger partial charge is 0.494 e. The summed E-state index contributed by atoms with van der Waals surface area (Å²) in [6.45, 7) is 2.34. The van der Waals surface area contributed by atoms with Gasteiger partial charge < -0.3 is 14.2 Å². The van der Waals surface area contributed by atoms with Crippen molar-refractivity contribution in [1.82, 2.24) is 0 Å². The molecule has 1 aliphatic carbocycles. The average molecular weight is 262 g/mol. The number of benzene rings is 1. The first-order valence-corrected chi connectivity index (χ1v) is 7.32. The highest BCUT2D eigenvalue weighted by molar-refractivity contribution is 5.20. The minimum absolute atomic E-state index is 0.225. The molecule has 1 saturated carbocycles. The first-order chi connectivity index (χ1) is 9.36. The lowest BCUT2D eigenvalue weighted by atomic mass is 9.83. The van der Waals surface area contributed by atoms with Crippen LogP contribution in [0.25, 0.3) is 0 Å². The van der Waals surface area contributed by atoms with Gasteiger partial charge in [0.1, 0.15) is 5.75 Å². The fraction of sp³-hybridized carbons (Fsp3) is 0.625. The summed E-state index contributed by atoms with van der Waals surface area (Å²) in [5.41, 5.74) is 0. The third kappa shape index (κ3) is 3.28. The van der Waals surface area contributed by atoms with Gasteiger partial charge in [-0.3, -0.25) is 0 Å². The Morgan fingerprint density at radius 3 is 2.42 bits per heavy atom. The third-order valence-corrected chi connectivity index (χ3v) is 4.22. The number of hydrogen-bond donors (Lipinski definition) is 0. The summed E-state index contributed by atoms with van der Waals surface area (Å²) in [5, 5.41) is 0. The van der Waals surface area contributed by atoms with Crippen LogP contribution in [0.15, 0.2) is 30.3 Å². The number of ether oxygens (including phenoxy) is 3. The van der Waals surface area contributed by atoms with Crippen molar-refractivity contribution in [2.75, 3.05) is 19.8 Å². The molecular formula is C16H22O3. The van der Waals surface area contributed by atoms with Gasteiger partial charge in [0.15, 0.2) is 5.79 Å². The zero-order valence-electron chi connectivity index (χ0n) is 11.3. The maximum absolute atomic E-state index is 5.76. The Morgan fingerprint density at radius 1 is 1.05 bits per heavy atom. The number of para-hydroxylation sites is 1. The van der Waals surface area contributed by atoms with Gasteiger partial charge in [0.2, 0.25) is 0 Å². The van der Waals surface area contributed by atoms with Gasteiger partial charge in [-0.1, -0.05) is 18.2 Å². The fourth-order valence-corrected chi connectivity index (χ4v) is 3.05. The van der Waals surface area contributed by atoms with E-state index in [9.17, 15) is 0 Å². The Bertz CT molecular complexity index is 374. The molecule has 104 valence electrons. The molecule has 0 aromatic heterocycles. The maximum Gasteiger partial charge on any atom is 0.168 e. The molecule has 3 heteroatoms. The van der Waals surface area contributed by atoms with Crippen LogP contribution in [0.2, 0.25) is 0 Å². The minimum atomic E-state index is -0.225. The van der Waals surface area contributed by atoms with Gasteiger partial charge in [0.25, 0.3) is 0 Å². The summed E-state index contributed by atoms with van der Waals surface area (Å²) >= 11 is 0. The zero-order valence-corrected chi connectivity index (χ0v) is 11.3. The van der Waals surface area contributed by atoms with Crippen molar-refractivity contribution in [3.8, 4) is 5.75 Å². The first-order valence-electron chi connectivity index (χ1n) is 7.32. The Hall–Kier alpha value is -1.06. The van der Waals surface area contributed by atoms with Crippen molar-refractivity contribution in [1.29, 1.82) is 0 Å². The van der Waals surface area contributed by atoms with Crippen molar-refractivity contribution >= 4 is 0 Å². The molecule has 1 heterocycles. The summed E-state index contributed by atoms with van der Waals surface area (Å²) in [7, 11) is 0. The second-order valence-corrected chi connectivity index (χ2v) is 5.50. The zero-order chi connectivity index (χ0) is 13.0. The van der Waals surface area contributed by atoms with E-state index in [1.54, 1.807) is 0 Å². The fourth-order valence-electron chi connectivity index (χ4n) is 3.05. The van der Waals surface area contributed by atoms with Crippen LogP contribution in [0.1, 0.15) is 32.1 Å². The molecule has 0 unspecified atom stereocenters. The van der Waals surface area contributed by atoms with Crippen LogP contribution in [0.3, 0.4) is 0 Å². The van der Waals surface area contributed by atoms with Gasteiger partial charge >= 0.3 is 0 Å². The summed E-state index contributed by atoms with van der Waals surface area (Å²) in [6.07, 6.45) is 5.60. The van der Waals surface area contributed by atoms with Crippen LogP contribution >= 0.6 is 0 Å². The van der Waals surface area contributed by atoms with Crippen molar-refractivity contribution in [3.05, 3.63) is 30.3 Å². The molecule has 0 atom stereocenters. The molecule has 1 aliphatic heterocycles. The smallest absolute Gasteiger partial charge is 0.168 e. The minimum Gasteiger partial charge on any atom is -0.494 e. The number of hydrogen-bond acceptors (Lipinski definition) is 3. The molecule has 3 nitrogen and oxygen atoms in total. The van der Waals surface area contributed by atoms with Crippen molar-refractivity contribution in [2.24, 2.45) is 5.92 Å².